The van der Waals surface area contributed by atoms with Crippen LogP contribution in [0.1, 0.15) is 28.6 Å². The van der Waals surface area contributed by atoms with Crippen LogP contribution in [0.2, 0.25) is 0 Å². The van der Waals surface area contributed by atoms with Gasteiger partial charge in [-0.25, -0.2) is 4.79 Å². The Kier molecular flexibility index (Phi) is 8.27. The molecular formula is C23H30N4O5. The fraction of sp³-hybridized carbons (Fsp3) is 0.435. The summed E-state index contributed by atoms with van der Waals surface area (Å²) in [6.07, 6.45) is 1.28. The molecule has 9 heteroatoms. The Hall–Kier alpha value is -3.33. The highest BCUT2D eigenvalue weighted by atomic mass is 16.6. The minimum Gasteiger partial charge on any atom is -0.468 e. The van der Waals surface area contributed by atoms with E-state index >= 15 is 0 Å². The molecule has 0 aliphatic carbocycles. The molecule has 0 spiro atoms. The van der Waals surface area contributed by atoms with Gasteiger partial charge in [-0.3, -0.25) is 14.5 Å². The summed E-state index contributed by atoms with van der Waals surface area (Å²) in [5.74, 6) is 0.634. The van der Waals surface area contributed by atoms with Crippen LogP contribution in [-0.2, 0) is 22.6 Å². The fourth-order valence-electron chi connectivity index (χ4n) is 3.60. The van der Waals surface area contributed by atoms with Crippen LogP contribution < -0.4 is 5.32 Å². The second-order valence-corrected chi connectivity index (χ2v) is 7.57. The molecule has 1 aliphatic rings. The molecule has 32 heavy (non-hydrogen) atoms. The number of carbonyl (C=O) groups is 3. The number of carbonyl (C=O) groups excluding carboxylic acids is 3. The van der Waals surface area contributed by atoms with Crippen molar-refractivity contribution in [3.63, 3.8) is 0 Å². The molecule has 0 unspecified atom stereocenters. The van der Waals surface area contributed by atoms with Gasteiger partial charge in [0, 0.05) is 45.3 Å². The molecule has 0 saturated carbocycles. The quantitative estimate of drug-likeness (QED) is 0.671. The summed E-state index contributed by atoms with van der Waals surface area (Å²) >= 11 is 0. The molecule has 0 radical (unpaired) electrons. The Bertz CT molecular complexity index is 890. The molecule has 3 amide bonds. The number of nitrogens with one attached hydrogen (secondary N) is 1. The summed E-state index contributed by atoms with van der Waals surface area (Å²) in [5.41, 5.74) is 1.58. The zero-order chi connectivity index (χ0) is 22.9. The first kappa shape index (κ1) is 23.3. The largest absolute Gasteiger partial charge is 0.468 e. The minimum atomic E-state index is -0.334. The molecule has 2 heterocycles. The summed E-state index contributed by atoms with van der Waals surface area (Å²) < 4.78 is 10.5. The van der Waals surface area contributed by atoms with Gasteiger partial charge in [-0.15, -0.1) is 0 Å². The third kappa shape index (κ3) is 6.34. The first-order chi connectivity index (χ1) is 15.5. The van der Waals surface area contributed by atoms with E-state index in [2.05, 4.69) is 5.32 Å². The number of nitrogens with zero attached hydrogens (tertiary/aromatic N) is 3. The molecule has 1 aromatic carbocycles. The van der Waals surface area contributed by atoms with Gasteiger partial charge in [0.1, 0.15) is 5.76 Å². The molecule has 3 rings (SSSR count). The van der Waals surface area contributed by atoms with Crippen molar-refractivity contribution in [3.8, 4) is 0 Å². The van der Waals surface area contributed by atoms with E-state index in [0.717, 1.165) is 11.3 Å². The summed E-state index contributed by atoms with van der Waals surface area (Å²) in [7, 11) is 1.60. The van der Waals surface area contributed by atoms with Gasteiger partial charge < -0.3 is 24.3 Å². The lowest BCUT2D eigenvalue weighted by molar-refractivity contribution is -0.134. The Labute approximate surface area is 187 Å². The monoisotopic (exact) mass is 442 g/mol. The van der Waals surface area contributed by atoms with Gasteiger partial charge in [0.05, 0.1) is 26.0 Å². The number of ether oxygens (including phenoxy) is 1. The number of rotatable bonds is 8. The lowest BCUT2D eigenvalue weighted by Crippen LogP contribution is -2.52. The van der Waals surface area contributed by atoms with Gasteiger partial charge in [0.25, 0.3) is 5.91 Å². The summed E-state index contributed by atoms with van der Waals surface area (Å²) in [6, 6.07) is 11.0. The predicted molar refractivity (Wildman–Crippen MR) is 118 cm³/mol. The van der Waals surface area contributed by atoms with E-state index in [9.17, 15) is 14.4 Å². The normalized spacial score (nSPS) is 13.8. The minimum absolute atomic E-state index is 0.00189. The lowest BCUT2D eigenvalue weighted by atomic mass is 10.1. The predicted octanol–water partition coefficient (Wildman–Crippen LogP) is 1.94. The van der Waals surface area contributed by atoms with Crippen LogP contribution in [0.25, 0.3) is 0 Å². The summed E-state index contributed by atoms with van der Waals surface area (Å²) in [4.78, 5) is 42.0. The first-order valence-corrected chi connectivity index (χ1v) is 10.8. The van der Waals surface area contributed by atoms with Crippen molar-refractivity contribution in [1.82, 2.24) is 20.0 Å². The van der Waals surface area contributed by atoms with E-state index in [-0.39, 0.29) is 24.5 Å². The number of hydrogen-bond donors (Lipinski definition) is 1. The van der Waals surface area contributed by atoms with E-state index < -0.39 is 0 Å². The maximum atomic E-state index is 13.0. The van der Waals surface area contributed by atoms with Gasteiger partial charge in [0.2, 0.25) is 5.91 Å². The number of piperazine rings is 1. The molecule has 0 bridgehead atoms. The van der Waals surface area contributed by atoms with Crippen LogP contribution in [0.5, 0.6) is 0 Å². The molecule has 1 aliphatic heterocycles. The van der Waals surface area contributed by atoms with Gasteiger partial charge in [-0.1, -0.05) is 12.1 Å². The average molecular weight is 443 g/mol. The van der Waals surface area contributed by atoms with Crippen LogP contribution in [0, 0.1) is 0 Å². The SMILES string of the molecule is CCOC(=O)N1CCN(C(=O)CN(Cc2ccc(C(=O)NC)cc2)Cc2ccco2)CC1. The zero-order valence-corrected chi connectivity index (χ0v) is 18.6. The molecule has 2 aromatic rings. The third-order valence-corrected chi connectivity index (χ3v) is 5.33. The second-order valence-electron chi connectivity index (χ2n) is 7.57. The van der Waals surface area contributed by atoms with E-state index in [4.69, 9.17) is 9.15 Å². The van der Waals surface area contributed by atoms with Gasteiger partial charge in [-0.2, -0.15) is 0 Å². The summed E-state index contributed by atoms with van der Waals surface area (Å²) in [6.45, 7) is 5.23. The van der Waals surface area contributed by atoms with Crippen molar-refractivity contribution in [3.05, 3.63) is 59.5 Å². The Balaban J connectivity index is 1.61. The fourth-order valence-corrected chi connectivity index (χ4v) is 3.60. The molecule has 1 saturated heterocycles. The van der Waals surface area contributed by atoms with Crippen LogP contribution in [-0.4, -0.2) is 79.0 Å². The van der Waals surface area contributed by atoms with E-state index in [1.807, 2.05) is 29.2 Å². The molecule has 172 valence electrons. The highest BCUT2D eigenvalue weighted by molar-refractivity contribution is 5.93. The van der Waals surface area contributed by atoms with Crippen molar-refractivity contribution < 1.29 is 23.5 Å². The van der Waals surface area contributed by atoms with E-state index in [0.29, 0.717) is 51.4 Å². The third-order valence-electron chi connectivity index (χ3n) is 5.33. The van der Waals surface area contributed by atoms with Crippen molar-refractivity contribution in [1.29, 1.82) is 0 Å². The maximum absolute atomic E-state index is 13.0. The van der Waals surface area contributed by atoms with Gasteiger partial charge >= 0.3 is 6.09 Å². The van der Waals surface area contributed by atoms with Crippen LogP contribution in [0.15, 0.2) is 47.1 Å². The highest BCUT2D eigenvalue weighted by Gasteiger charge is 2.26. The van der Waals surface area contributed by atoms with Crippen LogP contribution in [0.4, 0.5) is 4.79 Å². The number of furan rings is 1. The van der Waals surface area contributed by atoms with E-state index in [1.165, 1.54) is 0 Å². The average Bonchev–Trinajstić information content (AvgIpc) is 3.32. The molecule has 0 atom stereocenters. The number of hydrogen-bond acceptors (Lipinski definition) is 6. The standard InChI is InChI=1S/C23H30N4O5/c1-3-31-23(30)27-12-10-26(11-13-27)21(28)17-25(16-20-5-4-14-32-20)15-18-6-8-19(9-7-18)22(29)24-2/h4-9,14H,3,10-13,15-17H2,1-2H3,(H,24,29). The van der Waals surface area contributed by atoms with Crippen molar-refractivity contribution in [2.45, 2.75) is 20.0 Å². The molecule has 1 fully saturated rings. The van der Waals surface area contributed by atoms with E-state index in [1.54, 1.807) is 42.2 Å². The smallest absolute Gasteiger partial charge is 0.409 e. The number of benzene rings is 1. The zero-order valence-electron chi connectivity index (χ0n) is 18.6. The second kappa shape index (κ2) is 11.3. The Morgan fingerprint density at radius 1 is 1.03 bits per heavy atom. The van der Waals surface area contributed by atoms with Crippen molar-refractivity contribution in [2.75, 3.05) is 46.4 Å². The highest BCUT2D eigenvalue weighted by Crippen LogP contribution is 2.13. The Morgan fingerprint density at radius 2 is 1.72 bits per heavy atom. The molecule has 1 N–H and O–H groups in total. The first-order valence-electron chi connectivity index (χ1n) is 10.8. The molecule has 1 aromatic heterocycles. The van der Waals surface area contributed by atoms with Crippen LogP contribution >= 0.6 is 0 Å². The molecule has 9 nitrogen and oxygen atoms in total. The van der Waals surface area contributed by atoms with Crippen molar-refractivity contribution >= 4 is 17.9 Å². The molecular weight excluding hydrogens is 412 g/mol. The van der Waals surface area contributed by atoms with Gasteiger partial charge in [0.15, 0.2) is 0 Å². The van der Waals surface area contributed by atoms with Crippen molar-refractivity contribution in [2.24, 2.45) is 0 Å². The Morgan fingerprint density at radius 3 is 2.31 bits per heavy atom. The topological polar surface area (TPSA) is 95.3 Å². The number of amides is 3. The van der Waals surface area contributed by atoms with Crippen LogP contribution in [0.3, 0.4) is 0 Å². The summed E-state index contributed by atoms with van der Waals surface area (Å²) in [5, 5.41) is 2.61. The maximum Gasteiger partial charge on any atom is 0.409 e. The van der Waals surface area contributed by atoms with Gasteiger partial charge in [-0.05, 0) is 36.8 Å². The lowest BCUT2D eigenvalue weighted by Gasteiger charge is -2.35.